The first-order chi connectivity index (χ1) is 34.9. The molecule has 2 fully saturated rings. The molecule has 0 spiro atoms. The van der Waals surface area contributed by atoms with Gasteiger partial charge in [-0.25, -0.2) is 9.59 Å². The van der Waals surface area contributed by atoms with E-state index >= 15 is 0 Å². The van der Waals surface area contributed by atoms with E-state index in [1.54, 1.807) is 58.5 Å². The molecular weight excluding hydrogens is 951 g/mol. The minimum atomic E-state index is -2.38. The summed E-state index contributed by atoms with van der Waals surface area (Å²) in [5.41, 5.74) is 0.946. The van der Waals surface area contributed by atoms with E-state index in [4.69, 9.17) is 37.6 Å². The molecule has 0 radical (unpaired) electrons. The Morgan fingerprint density at radius 3 is 1.85 bits per heavy atom. The van der Waals surface area contributed by atoms with E-state index in [2.05, 4.69) is 49.1 Å². The Labute approximate surface area is 425 Å². The molecule has 18 heteroatoms. The summed E-state index contributed by atoms with van der Waals surface area (Å²) in [4.78, 5) is 59.0. The fourth-order valence-electron chi connectivity index (χ4n) is 8.95. The molecule has 0 aliphatic carbocycles. The first kappa shape index (κ1) is 52.8. The van der Waals surface area contributed by atoms with Crippen LogP contribution in [-0.2, 0) is 33.7 Å². The number of carbonyl (C=O) groups excluding carboxylic acids is 1. The second-order valence-electron chi connectivity index (χ2n) is 19.9. The summed E-state index contributed by atoms with van der Waals surface area (Å²) in [5.74, 6) is 1.13. The molecule has 2 aromatic heterocycles. The highest BCUT2D eigenvalue weighted by Crippen LogP contribution is 2.44. The Kier molecular flexibility index (Phi) is 16.1. The van der Waals surface area contributed by atoms with Crippen LogP contribution in [0.4, 0.5) is 5.82 Å². The normalized spacial score (nSPS) is 20.2. The molecule has 2 saturated heterocycles. The second kappa shape index (κ2) is 22.3. The van der Waals surface area contributed by atoms with Crippen molar-refractivity contribution in [1.82, 2.24) is 19.1 Å². The number of rotatable bonds is 19. The third kappa shape index (κ3) is 11.7. The summed E-state index contributed by atoms with van der Waals surface area (Å²) in [6.07, 6.45) is -0.380. The van der Waals surface area contributed by atoms with Gasteiger partial charge in [0.05, 0.1) is 39.6 Å². The zero-order chi connectivity index (χ0) is 52.1. The molecular formula is C55H65N5O12Si. The average molecular weight is 1020 g/mol. The van der Waals surface area contributed by atoms with Gasteiger partial charge in [0, 0.05) is 41.9 Å². The summed E-state index contributed by atoms with van der Waals surface area (Å²) in [5, 5.41) is 2.63. The van der Waals surface area contributed by atoms with Crippen LogP contribution in [0.3, 0.4) is 0 Å². The molecule has 73 heavy (non-hydrogen) atoms. The number of aryl methyl sites for hydroxylation is 2. The van der Waals surface area contributed by atoms with Gasteiger partial charge in [-0.3, -0.25) is 23.7 Å². The van der Waals surface area contributed by atoms with E-state index in [0.717, 1.165) is 16.7 Å². The molecule has 0 bridgehead atoms. The van der Waals surface area contributed by atoms with Crippen molar-refractivity contribution in [3.8, 4) is 11.5 Å². The largest absolute Gasteiger partial charge is 0.497 e. The fraction of sp³-hybridized carbons (Fsp3) is 0.400. The zero-order valence-corrected chi connectivity index (χ0v) is 43.8. The van der Waals surface area contributed by atoms with Crippen LogP contribution in [0, 0.1) is 13.8 Å². The van der Waals surface area contributed by atoms with Crippen molar-refractivity contribution in [3.05, 3.63) is 186 Å². The lowest BCUT2D eigenvalue weighted by molar-refractivity contribution is -0.151. The molecule has 386 valence electrons. The number of carbonyl (C=O) groups is 1. The quantitative estimate of drug-likeness (QED) is 0.0344. The molecule has 8 rings (SSSR count). The highest BCUT2D eigenvalue weighted by molar-refractivity contribution is 6.74. The number of methoxy groups -OCH3 is 2. The maximum absolute atomic E-state index is 13.7. The van der Waals surface area contributed by atoms with Crippen molar-refractivity contribution in [2.45, 2.75) is 108 Å². The van der Waals surface area contributed by atoms with Crippen LogP contribution in [-0.4, -0.2) is 92.0 Å². The van der Waals surface area contributed by atoms with Gasteiger partial charge in [0.15, 0.2) is 8.32 Å². The van der Waals surface area contributed by atoms with Gasteiger partial charge >= 0.3 is 11.4 Å². The number of ether oxygens (including phenoxy) is 7. The molecule has 2 aliphatic rings. The van der Waals surface area contributed by atoms with Crippen LogP contribution in [0.1, 0.15) is 84.2 Å². The van der Waals surface area contributed by atoms with E-state index < -0.39 is 67.7 Å². The third-order valence-corrected chi connectivity index (χ3v) is 18.6. The molecule has 2 aliphatic heterocycles. The molecule has 0 saturated carbocycles. The van der Waals surface area contributed by atoms with Gasteiger partial charge in [-0.2, -0.15) is 4.98 Å². The fourth-order valence-corrected chi connectivity index (χ4v) is 10.3. The first-order valence-electron chi connectivity index (χ1n) is 24.4. The number of hydrogen-bond donors (Lipinski definition) is 2. The summed E-state index contributed by atoms with van der Waals surface area (Å²) < 4.78 is 54.2. The lowest BCUT2D eigenvalue weighted by Gasteiger charge is -2.39. The minimum absolute atomic E-state index is 0.0159. The number of nitrogens with zero attached hydrogens (tertiary/aromatic N) is 3. The monoisotopic (exact) mass is 1020 g/mol. The van der Waals surface area contributed by atoms with Gasteiger partial charge in [0.2, 0.25) is 0 Å². The zero-order valence-electron chi connectivity index (χ0n) is 42.8. The van der Waals surface area contributed by atoms with E-state index in [-0.39, 0.29) is 43.2 Å². The molecule has 1 amide bonds. The van der Waals surface area contributed by atoms with Crippen LogP contribution in [0.5, 0.6) is 11.5 Å². The number of amides is 1. The number of aromatic amines is 1. The smallest absolute Gasteiger partial charge is 0.351 e. The SMILES string of the molecule is COc1ccc(C(OC[C@H]2O[C@@H](n3cc(C)c(=O)[nH]c3=O)C[C@@H]2OCOC[C@H]2O[C@@H](n3cc(C)c(NC(=O)c4ccccc4)nc3=O)C[C@@H]2O[Si](C)(C)C(C)(C)C)(c2ccccc2)c2ccc(OC)cc2)cc1. The standard InChI is InChI=1S/C55H65N5O12Si/c1-35-30-59(52(63)57-49(35)56-51(62)37-16-12-10-13-17-37)48-29-44(72-73(8,9)54(3,4)5)45(70-48)32-67-34-68-43-28-47(60-31-36(2)50(61)58-53(60)64)71-46(43)33-69-55(38-18-14-11-15-19-38,39-20-24-41(65-6)25-21-39)40-22-26-42(66-7)27-23-40/h10-27,30-31,43-48H,28-29,32-34H2,1-9H3,(H,58,61,64)(H,56,57,62,63)/t43-,44-,45+,46+,47+,48+/m0/s1. The van der Waals surface area contributed by atoms with E-state index in [0.29, 0.717) is 34.6 Å². The van der Waals surface area contributed by atoms with Crippen molar-refractivity contribution < 1.29 is 42.4 Å². The molecule has 4 aromatic carbocycles. The van der Waals surface area contributed by atoms with E-state index in [1.807, 2.05) is 84.9 Å². The topological polar surface area (TPSA) is 193 Å². The number of benzene rings is 4. The Morgan fingerprint density at radius 1 is 0.726 bits per heavy atom. The summed E-state index contributed by atoms with van der Waals surface area (Å²) in [6, 6.07) is 34.0. The average Bonchev–Trinajstić information content (AvgIpc) is 3.98. The van der Waals surface area contributed by atoms with Gasteiger partial charge in [-0.15, -0.1) is 0 Å². The van der Waals surface area contributed by atoms with Gasteiger partial charge < -0.3 is 42.9 Å². The Morgan fingerprint density at radius 2 is 1.26 bits per heavy atom. The van der Waals surface area contributed by atoms with Crippen LogP contribution < -0.4 is 31.7 Å². The number of H-pyrrole nitrogens is 1. The number of hydrogen-bond acceptors (Lipinski definition) is 13. The van der Waals surface area contributed by atoms with Gasteiger partial charge in [-0.05, 0) is 85.1 Å². The van der Waals surface area contributed by atoms with Crippen LogP contribution >= 0.6 is 0 Å². The van der Waals surface area contributed by atoms with Crippen molar-refractivity contribution in [3.63, 3.8) is 0 Å². The van der Waals surface area contributed by atoms with Gasteiger partial charge in [-0.1, -0.05) is 93.6 Å². The third-order valence-electron chi connectivity index (χ3n) is 14.1. The summed E-state index contributed by atoms with van der Waals surface area (Å²) in [6.45, 7) is 14.0. The lowest BCUT2D eigenvalue weighted by atomic mass is 9.80. The predicted molar refractivity (Wildman–Crippen MR) is 277 cm³/mol. The molecule has 17 nitrogen and oxygen atoms in total. The molecule has 6 aromatic rings. The summed E-state index contributed by atoms with van der Waals surface area (Å²) >= 11 is 0. The van der Waals surface area contributed by atoms with Gasteiger partial charge in [0.25, 0.3) is 11.5 Å². The van der Waals surface area contributed by atoms with E-state index in [9.17, 15) is 19.2 Å². The number of anilines is 1. The van der Waals surface area contributed by atoms with Crippen molar-refractivity contribution in [2.75, 3.05) is 39.5 Å². The Balaban J connectivity index is 1.04. The Hall–Kier alpha value is -6.51. The minimum Gasteiger partial charge on any atom is -0.497 e. The maximum Gasteiger partial charge on any atom is 0.351 e. The first-order valence-corrected chi connectivity index (χ1v) is 27.3. The van der Waals surface area contributed by atoms with Gasteiger partial charge in [0.1, 0.15) is 54.4 Å². The highest BCUT2D eigenvalue weighted by atomic mass is 28.4. The number of aromatic nitrogens is 4. The van der Waals surface area contributed by atoms with Crippen molar-refractivity contribution in [1.29, 1.82) is 0 Å². The maximum atomic E-state index is 13.7. The predicted octanol–water partition coefficient (Wildman–Crippen LogP) is 8.01. The second-order valence-corrected chi connectivity index (χ2v) is 24.7. The van der Waals surface area contributed by atoms with Crippen molar-refractivity contribution >= 4 is 20.0 Å². The van der Waals surface area contributed by atoms with Crippen LogP contribution in [0.2, 0.25) is 18.1 Å². The lowest BCUT2D eigenvalue weighted by Crippen LogP contribution is -2.46. The van der Waals surface area contributed by atoms with Crippen molar-refractivity contribution in [2.24, 2.45) is 0 Å². The highest BCUT2D eigenvalue weighted by Gasteiger charge is 2.47. The molecule has 2 N–H and O–H groups in total. The van der Waals surface area contributed by atoms with E-state index in [1.165, 1.54) is 15.3 Å². The summed E-state index contributed by atoms with van der Waals surface area (Å²) in [7, 11) is 0.855. The molecule has 0 unspecified atom stereocenters. The molecule has 6 atom stereocenters. The van der Waals surface area contributed by atoms with Crippen LogP contribution in [0.15, 0.2) is 136 Å². The molecule has 4 heterocycles. The number of nitrogens with one attached hydrogen (secondary N) is 2. The Bertz CT molecular complexity index is 2970. The van der Waals surface area contributed by atoms with Crippen LogP contribution in [0.25, 0.3) is 0 Å².